The van der Waals surface area contributed by atoms with E-state index >= 15 is 0 Å². The minimum atomic E-state index is -0.815. The van der Waals surface area contributed by atoms with Crippen LogP contribution in [0.1, 0.15) is 48.9 Å². The van der Waals surface area contributed by atoms with Gasteiger partial charge in [0.15, 0.2) is 0 Å². The third-order valence-electron chi connectivity index (χ3n) is 6.55. The molecular weight excluding hydrogens is 484 g/mol. The van der Waals surface area contributed by atoms with E-state index in [0.29, 0.717) is 42.2 Å². The Morgan fingerprint density at radius 2 is 1.87 bits per heavy atom. The van der Waals surface area contributed by atoms with Crippen molar-refractivity contribution in [3.8, 4) is 0 Å². The van der Waals surface area contributed by atoms with Crippen molar-refractivity contribution in [2.75, 3.05) is 11.9 Å². The zero-order valence-electron chi connectivity index (χ0n) is 21.4. The van der Waals surface area contributed by atoms with Crippen LogP contribution >= 0.6 is 0 Å². The Kier molecular flexibility index (Phi) is 6.44. The van der Waals surface area contributed by atoms with E-state index in [1.165, 1.54) is 12.1 Å². The molecule has 0 saturated carbocycles. The van der Waals surface area contributed by atoms with E-state index in [1.807, 2.05) is 69.3 Å². The number of anilines is 1. The summed E-state index contributed by atoms with van der Waals surface area (Å²) in [5.74, 6) is -1.10. The van der Waals surface area contributed by atoms with Crippen LogP contribution in [0.5, 0.6) is 0 Å². The molecule has 194 valence electrons. The smallest absolute Gasteiger partial charge is 0.410 e. The average Bonchev–Trinajstić information content (AvgIpc) is 3.21. The van der Waals surface area contributed by atoms with Crippen molar-refractivity contribution >= 4 is 34.8 Å². The molecule has 1 unspecified atom stereocenters. The van der Waals surface area contributed by atoms with Gasteiger partial charge in [-0.05, 0) is 56.0 Å². The van der Waals surface area contributed by atoms with E-state index in [1.54, 1.807) is 11.0 Å². The van der Waals surface area contributed by atoms with E-state index in [-0.39, 0.29) is 17.7 Å². The molecule has 2 aliphatic rings. The highest BCUT2D eigenvalue weighted by atomic mass is 16.6. The Labute approximate surface area is 220 Å². The van der Waals surface area contributed by atoms with Crippen LogP contribution in [0.4, 0.5) is 21.9 Å². The number of non-ortho nitro benzene ring substituents is 1. The lowest BCUT2D eigenvalue weighted by atomic mass is 9.90. The minimum absolute atomic E-state index is 0.0861. The van der Waals surface area contributed by atoms with Crippen molar-refractivity contribution < 1.29 is 19.2 Å². The van der Waals surface area contributed by atoms with Crippen LogP contribution in [0.25, 0.3) is 0 Å². The second kappa shape index (κ2) is 9.74. The van der Waals surface area contributed by atoms with Crippen LogP contribution in [-0.2, 0) is 22.5 Å². The van der Waals surface area contributed by atoms with Crippen LogP contribution in [0.2, 0.25) is 0 Å². The molecule has 1 N–H and O–H groups in total. The fraction of sp³-hybridized carbons (Fsp3) is 0.276. The Bertz CT molecular complexity index is 1460. The van der Waals surface area contributed by atoms with Crippen LogP contribution < -0.4 is 5.32 Å². The summed E-state index contributed by atoms with van der Waals surface area (Å²) in [6.07, 6.45) is 0.220. The number of hydrogen-bond donors (Lipinski definition) is 1. The number of rotatable bonds is 4. The first kappa shape index (κ1) is 25.1. The van der Waals surface area contributed by atoms with Gasteiger partial charge in [0.25, 0.3) is 5.69 Å². The van der Waals surface area contributed by atoms with Crippen LogP contribution in [-0.4, -0.2) is 39.7 Å². The predicted molar refractivity (Wildman–Crippen MR) is 144 cm³/mol. The van der Waals surface area contributed by atoms with Gasteiger partial charge in [-0.2, -0.15) is 0 Å². The molecule has 38 heavy (non-hydrogen) atoms. The van der Waals surface area contributed by atoms with Crippen molar-refractivity contribution in [1.29, 1.82) is 0 Å². The van der Waals surface area contributed by atoms with Gasteiger partial charge in [-0.15, -0.1) is 0 Å². The SMILES string of the molecule is CC(C)(C)OC(=O)N1CCc2c(cccc2N=C(c2ccccc2)C2C(=O)Nc3ccc([N+](=O)[O-])cc32)C1. The fourth-order valence-electron chi connectivity index (χ4n) is 4.84. The van der Waals surface area contributed by atoms with Gasteiger partial charge in [0.1, 0.15) is 11.5 Å². The maximum Gasteiger partial charge on any atom is 0.410 e. The molecule has 2 heterocycles. The van der Waals surface area contributed by atoms with E-state index < -0.39 is 16.4 Å². The van der Waals surface area contributed by atoms with Crippen molar-refractivity contribution in [1.82, 2.24) is 4.90 Å². The number of nitrogens with one attached hydrogen (secondary N) is 1. The number of nitro groups is 1. The summed E-state index contributed by atoms with van der Waals surface area (Å²) < 4.78 is 5.55. The lowest BCUT2D eigenvalue weighted by molar-refractivity contribution is -0.384. The molecule has 0 radical (unpaired) electrons. The lowest BCUT2D eigenvalue weighted by Gasteiger charge is -2.31. The van der Waals surface area contributed by atoms with Crippen LogP contribution in [0.3, 0.4) is 0 Å². The summed E-state index contributed by atoms with van der Waals surface area (Å²) in [4.78, 5) is 43.6. The number of aliphatic imine (C=N–C) groups is 1. The summed E-state index contributed by atoms with van der Waals surface area (Å²) in [5.41, 5.74) is 4.31. The third kappa shape index (κ3) is 5.00. The van der Waals surface area contributed by atoms with Crippen molar-refractivity contribution in [2.45, 2.75) is 45.3 Å². The molecule has 5 rings (SSSR count). The second-order valence-electron chi connectivity index (χ2n) is 10.4. The molecule has 3 aromatic rings. The average molecular weight is 513 g/mol. The Morgan fingerprint density at radius 3 is 2.58 bits per heavy atom. The number of fused-ring (bicyclic) bond motifs is 2. The molecule has 0 aromatic heterocycles. The molecule has 9 heteroatoms. The summed E-state index contributed by atoms with van der Waals surface area (Å²) in [6.45, 7) is 6.40. The molecule has 2 amide bonds. The normalized spacial score (nSPS) is 16.9. The first-order valence-corrected chi connectivity index (χ1v) is 12.4. The molecule has 0 bridgehead atoms. The van der Waals surface area contributed by atoms with E-state index in [2.05, 4.69) is 5.32 Å². The molecule has 0 fully saturated rings. The van der Waals surface area contributed by atoms with Crippen LogP contribution in [0, 0.1) is 10.1 Å². The van der Waals surface area contributed by atoms with Gasteiger partial charge in [0.05, 0.1) is 16.3 Å². The zero-order valence-corrected chi connectivity index (χ0v) is 21.4. The van der Waals surface area contributed by atoms with E-state index in [9.17, 15) is 19.7 Å². The number of carbonyl (C=O) groups excluding carboxylic acids is 2. The summed E-state index contributed by atoms with van der Waals surface area (Å²) in [6, 6.07) is 19.5. The standard InChI is InChI=1S/C29H28N4O5/c1-29(2,3)38-28(35)32-15-14-21-19(17-32)10-7-11-23(21)30-26(18-8-5-4-6-9-18)25-22-16-20(33(36)37)12-13-24(22)31-27(25)34/h4-13,16,25H,14-15,17H2,1-3H3,(H,31,34). The van der Waals surface area contributed by atoms with E-state index in [0.717, 1.165) is 16.7 Å². The highest BCUT2D eigenvalue weighted by molar-refractivity contribution is 6.24. The highest BCUT2D eigenvalue weighted by Gasteiger charge is 2.37. The molecule has 1 atom stereocenters. The lowest BCUT2D eigenvalue weighted by Crippen LogP contribution is -2.39. The number of amides is 2. The van der Waals surface area contributed by atoms with Gasteiger partial charge in [-0.3, -0.25) is 19.9 Å². The Morgan fingerprint density at radius 1 is 1.11 bits per heavy atom. The summed E-state index contributed by atoms with van der Waals surface area (Å²) in [7, 11) is 0. The van der Waals surface area contributed by atoms with Gasteiger partial charge in [-0.1, -0.05) is 42.5 Å². The third-order valence-corrected chi connectivity index (χ3v) is 6.55. The number of benzene rings is 3. The molecule has 3 aromatic carbocycles. The first-order chi connectivity index (χ1) is 18.1. The molecule has 9 nitrogen and oxygen atoms in total. The van der Waals surface area contributed by atoms with Gasteiger partial charge >= 0.3 is 6.09 Å². The van der Waals surface area contributed by atoms with Crippen LogP contribution in [0.15, 0.2) is 71.7 Å². The maximum atomic E-state index is 13.2. The topological polar surface area (TPSA) is 114 Å². The van der Waals surface area contributed by atoms with Gasteiger partial charge in [0, 0.05) is 36.5 Å². The number of carbonyl (C=O) groups is 2. The van der Waals surface area contributed by atoms with Gasteiger partial charge in [0.2, 0.25) is 5.91 Å². The maximum absolute atomic E-state index is 13.2. The zero-order chi connectivity index (χ0) is 27.0. The van der Waals surface area contributed by atoms with Crippen molar-refractivity contribution in [3.05, 3.63) is 99.1 Å². The number of hydrogen-bond acceptors (Lipinski definition) is 6. The molecule has 0 spiro atoms. The second-order valence-corrected chi connectivity index (χ2v) is 10.4. The largest absolute Gasteiger partial charge is 0.444 e. The number of nitrogens with zero attached hydrogens (tertiary/aromatic N) is 3. The minimum Gasteiger partial charge on any atom is -0.444 e. The molecule has 2 aliphatic heterocycles. The van der Waals surface area contributed by atoms with Gasteiger partial charge in [-0.25, -0.2) is 4.79 Å². The van der Waals surface area contributed by atoms with Crippen molar-refractivity contribution in [2.24, 2.45) is 4.99 Å². The van der Waals surface area contributed by atoms with Crippen molar-refractivity contribution in [3.63, 3.8) is 0 Å². The summed E-state index contributed by atoms with van der Waals surface area (Å²) in [5, 5.41) is 14.3. The van der Waals surface area contributed by atoms with Gasteiger partial charge < -0.3 is 15.0 Å². The quantitative estimate of drug-likeness (QED) is 0.272. The Balaban J connectivity index is 1.57. The fourth-order valence-corrected chi connectivity index (χ4v) is 4.84. The molecule has 0 saturated heterocycles. The highest BCUT2D eigenvalue weighted by Crippen LogP contribution is 2.39. The predicted octanol–water partition coefficient (Wildman–Crippen LogP) is 5.74. The first-order valence-electron chi connectivity index (χ1n) is 12.4. The monoisotopic (exact) mass is 512 g/mol. The molecular formula is C29H28N4O5. The van der Waals surface area contributed by atoms with E-state index in [4.69, 9.17) is 9.73 Å². The number of ether oxygens (including phenoxy) is 1. The number of nitro benzene ring substituents is 1. The Hall–Kier alpha value is -4.53. The molecule has 0 aliphatic carbocycles. The summed E-state index contributed by atoms with van der Waals surface area (Å²) >= 11 is 0.